The van der Waals surface area contributed by atoms with Gasteiger partial charge in [-0.1, -0.05) is 0 Å². The summed E-state index contributed by atoms with van der Waals surface area (Å²) in [7, 11) is 1.82. The molecule has 0 bridgehead atoms. The number of hydrogen-bond donors (Lipinski definition) is 1. The molecule has 0 saturated carbocycles. The third-order valence-electron chi connectivity index (χ3n) is 4.50. The van der Waals surface area contributed by atoms with Crippen molar-refractivity contribution >= 4 is 16.9 Å². The van der Waals surface area contributed by atoms with Crippen molar-refractivity contribution in [2.45, 2.75) is 25.9 Å². The maximum Gasteiger partial charge on any atom is 0.252 e. The molecule has 1 amide bonds. The van der Waals surface area contributed by atoms with Crippen LogP contribution in [0.2, 0.25) is 0 Å². The number of aromatic nitrogens is 3. The smallest absolute Gasteiger partial charge is 0.252 e. The van der Waals surface area contributed by atoms with E-state index in [2.05, 4.69) is 15.4 Å². The van der Waals surface area contributed by atoms with E-state index in [1.54, 1.807) is 23.1 Å². The average Bonchev–Trinajstić information content (AvgIpc) is 3.35. The van der Waals surface area contributed by atoms with Crippen LogP contribution in [0, 0.1) is 6.92 Å². The van der Waals surface area contributed by atoms with Crippen molar-refractivity contribution in [2.24, 2.45) is 7.05 Å². The lowest BCUT2D eigenvalue weighted by molar-refractivity contribution is 0.0859. The molecule has 1 fully saturated rings. The van der Waals surface area contributed by atoms with Crippen LogP contribution in [0.25, 0.3) is 22.5 Å². The van der Waals surface area contributed by atoms with Gasteiger partial charge in [-0.25, -0.2) is 4.98 Å². The first-order valence-corrected chi connectivity index (χ1v) is 8.41. The SMILES string of the molecule is Cc1nn(C)c2nc(-c3ccco3)cc(C(=O)NC[C@H]3CCCO3)c12. The van der Waals surface area contributed by atoms with Crippen molar-refractivity contribution in [3.05, 3.63) is 35.7 Å². The van der Waals surface area contributed by atoms with E-state index < -0.39 is 0 Å². The van der Waals surface area contributed by atoms with Gasteiger partial charge in [0, 0.05) is 20.2 Å². The second-order valence-electron chi connectivity index (χ2n) is 6.29. The highest BCUT2D eigenvalue weighted by Gasteiger charge is 2.22. The molecule has 0 spiro atoms. The van der Waals surface area contributed by atoms with Crippen LogP contribution in [0.1, 0.15) is 28.9 Å². The zero-order valence-electron chi connectivity index (χ0n) is 14.3. The topological polar surface area (TPSA) is 82.2 Å². The minimum atomic E-state index is -0.146. The molecule has 7 nitrogen and oxygen atoms in total. The molecule has 0 radical (unpaired) electrons. The summed E-state index contributed by atoms with van der Waals surface area (Å²) in [5, 5.41) is 8.16. The quantitative estimate of drug-likeness (QED) is 0.789. The van der Waals surface area contributed by atoms with Gasteiger partial charge in [-0.05, 0) is 38.0 Å². The predicted molar refractivity (Wildman–Crippen MR) is 92.3 cm³/mol. The molecule has 0 unspecified atom stereocenters. The Balaban J connectivity index is 1.73. The molecule has 1 atom stereocenters. The second kappa shape index (κ2) is 6.33. The Morgan fingerprint density at radius 3 is 3.08 bits per heavy atom. The van der Waals surface area contributed by atoms with Crippen LogP contribution in [0.15, 0.2) is 28.9 Å². The molecule has 0 aliphatic carbocycles. The Morgan fingerprint density at radius 2 is 2.36 bits per heavy atom. The Labute approximate surface area is 145 Å². The number of fused-ring (bicyclic) bond motifs is 1. The van der Waals surface area contributed by atoms with Crippen LogP contribution < -0.4 is 5.32 Å². The second-order valence-corrected chi connectivity index (χ2v) is 6.29. The molecule has 3 aromatic rings. The molecule has 7 heteroatoms. The summed E-state index contributed by atoms with van der Waals surface area (Å²) in [6.07, 6.45) is 3.72. The number of rotatable bonds is 4. The van der Waals surface area contributed by atoms with Crippen LogP contribution in [0.4, 0.5) is 0 Å². The van der Waals surface area contributed by atoms with Gasteiger partial charge in [0.2, 0.25) is 0 Å². The van der Waals surface area contributed by atoms with Crippen LogP contribution in [-0.4, -0.2) is 39.9 Å². The maximum atomic E-state index is 12.8. The lowest BCUT2D eigenvalue weighted by Crippen LogP contribution is -2.32. The first-order valence-electron chi connectivity index (χ1n) is 8.41. The van der Waals surface area contributed by atoms with E-state index in [1.165, 1.54) is 0 Å². The first-order chi connectivity index (χ1) is 12.1. The molecular weight excluding hydrogens is 320 g/mol. The number of amides is 1. The fourth-order valence-electron chi connectivity index (χ4n) is 3.28. The van der Waals surface area contributed by atoms with Gasteiger partial charge in [-0.3, -0.25) is 9.48 Å². The van der Waals surface area contributed by atoms with Gasteiger partial charge in [-0.15, -0.1) is 0 Å². The fourth-order valence-corrected chi connectivity index (χ4v) is 3.28. The van der Waals surface area contributed by atoms with Crippen LogP contribution in [0.5, 0.6) is 0 Å². The number of nitrogens with one attached hydrogen (secondary N) is 1. The van der Waals surface area contributed by atoms with Crippen LogP contribution in [-0.2, 0) is 11.8 Å². The maximum absolute atomic E-state index is 12.8. The number of carbonyl (C=O) groups excluding carboxylic acids is 1. The zero-order chi connectivity index (χ0) is 17.4. The molecule has 4 heterocycles. The van der Waals surface area contributed by atoms with Crippen molar-refractivity contribution in [1.82, 2.24) is 20.1 Å². The highest BCUT2D eigenvalue weighted by molar-refractivity contribution is 6.07. The summed E-state index contributed by atoms with van der Waals surface area (Å²) < 4.78 is 12.7. The Kier molecular flexibility index (Phi) is 4.01. The number of ether oxygens (including phenoxy) is 1. The summed E-state index contributed by atoms with van der Waals surface area (Å²) in [4.78, 5) is 17.5. The molecule has 1 aliphatic heterocycles. The monoisotopic (exact) mass is 340 g/mol. The summed E-state index contributed by atoms with van der Waals surface area (Å²) in [5.41, 5.74) is 2.61. The Hall–Kier alpha value is -2.67. The van der Waals surface area contributed by atoms with Gasteiger partial charge >= 0.3 is 0 Å². The summed E-state index contributed by atoms with van der Waals surface area (Å²) in [6.45, 7) is 3.16. The molecule has 0 aromatic carbocycles. The van der Waals surface area contributed by atoms with E-state index >= 15 is 0 Å². The van der Waals surface area contributed by atoms with Gasteiger partial charge < -0.3 is 14.5 Å². The zero-order valence-corrected chi connectivity index (χ0v) is 14.3. The minimum Gasteiger partial charge on any atom is -0.463 e. The largest absolute Gasteiger partial charge is 0.463 e. The van der Waals surface area contributed by atoms with Crippen LogP contribution in [0.3, 0.4) is 0 Å². The average molecular weight is 340 g/mol. The lowest BCUT2D eigenvalue weighted by atomic mass is 10.1. The van der Waals surface area contributed by atoms with E-state index in [9.17, 15) is 4.79 Å². The number of carbonyl (C=O) groups is 1. The highest BCUT2D eigenvalue weighted by atomic mass is 16.5. The lowest BCUT2D eigenvalue weighted by Gasteiger charge is -2.12. The van der Waals surface area contributed by atoms with E-state index in [1.807, 2.05) is 20.0 Å². The summed E-state index contributed by atoms with van der Waals surface area (Å²) in [5.74, 6) is 0.473. The van der Waals surface area contributed by atoms with Crippen molar-refractivity contribution in [3.8, 4) is 11.5 Å². The molecule has 1 aliphatic rings. The molecule has 3 aromatic heterocycles. The Bertz CT molecular complexity index is 908. The van der Waals surface area contributed by atoms with Gasteiger partial charge in [-0.2, -0.15) is 5.10 Å². The first kappa shape index (κ1) is 15.8. The minimum absolute atomic E-state index is 0.0980. The standard InChI is InChI=1S/C18H20N4O3/c1-11-16-13(18(23)19-10-12-5-3-7-24-12)9-14(15-6-4-8-25-15)20-17(16)22(2)21-11/h4,6,8-9,12H,3,5,7,10H2,1-2H3,(H,19,23)/t12-/m1/s1. The molecule has 130 valence electrons. The van der Waals surface area contributed by atoms with Crippen molar-refractivity contribution in [1.29, 1.82) is 0 Å². The number of furan rings is 1. The van der Waals surface area contributed by atoms with Crippen molar-refractivity contribution in [2.75, 3.05) is 13.2 Å². The van der Waals surface area contributed by atoms with Gasteiger partial charge in [0.1, 0.15) is 5.69 Å². The third kappa shape index (κ3) is 2.91. The number of nitrogens with zero attached hydrogens (tertiary/aromatic N) is 3. The van der Waals surface area contributed by atoms with Gasteiger partial charge in [0.25, 0.3) is 5.91 Å². The molecular formula is C18H20N4O3. The predicted octanol–water partition coefficient (Wildman–Crippen LogP) is 2.45. The molecule has 25 heavy (non-hydrogen) atoms. The Morgan fingerprint density at radius 1 is 1.48 bits per heavy atom. The van der Waals surface area contributed by atoms with E-state index in [0.29, 0.717) is 29.2 Å². The molecule has 4 rings (SSSR count). The molecule has 1 N–H and O–H groups in total. The normalized spacial score (nSPS) is 17.3. The van der Waals surface area contributed by atoms with Crippen LogP contribution >= 0.6 is 0 Å². The fraction of sp³-hybridized carbons (Fsp3) is 0.389. The van der Waals surface area contributed by atoms with E-state index in [4.69, 9.17) is 9.15 Å². The van der Waals surface area contributed by atoms with Crippen molar-refractivity contribution < 1.29 is 13.9 Å². The van der Waals surface area contributed by atoms with Gasteiger partial charge in [0.15, 0.2) is 11.4 Å². The van der Waals surface area contributed by atoms with Crippen molar-refractivity contribution in [3.63, 3.8) is 0 Å². The molecule has 1 saturated heterocycles. The van der Waals surface area contributed by atoms with E-state index in [-0.39, 0.29) is 12.0 Å². The number of aryl methyl sites for hydroxylation is 2. The summed E-state index contributed by atoms with van der Waals surface area (Å²) in [6, 6.07) is 5.39. The number of hydrogen-bond acceptors (Lipinski definition) is 5. The third-order valence-corrected chi connectivity index (χ3v) is 4.50. The van der Waals surface area contributed by atoms with Gasteiger partial charge in [0.05, 0.1) is 29.0 Å². The number of pyridine rings is 1. The highest BCUT2D eigenvalue weighted by Crippen LogP contribution is 2.27. The summed E-state index contributed by atoms with van der Waals surface area (Å²) >= 11 is 0. The van der Waals surface area contributed by atoms with E-state index in [0.717, 1.165) is 30.5 Å².